The number of carbonyl (C=O) groups is 3. The summed E-state index contributed by atoms with van der Waals surface area (Å²) in [6.45, 7) is 2.76. The zero-order chi connectivity index (χ0) is 21.0. The van der Waals surface area contributed by atoms with Crippen LogP contribution in [0.4, 0.5) is 10.5 Å². The number of hydrogen-bond donors (Lipinski definition) is 1. The van der Waals surface area contributed by atoms with E-state index in [4.69, 9.17) is 23.2 Å². The molecular formula is C20H26Cl2N4O3. The lowest BCUT2D eigenvalue weighted by Gasteiger charge is -2.35. The topological polar surface area (TPSA) is 73.0 Å². The molecule has 0 aliphatic carbocycles. The van der Waals surface area contributed by atoms with E-state index < -0.39 is 0 Å². The molecule has 1 aromatic rings. The number of likely N-dealkylation sites (N-methyl/N-ethyl adjacent to an activating group) is 1. The quantitative estimate of drug-likeness (QED) is 0.779. The Bertz CT molecular complexity index is 775. The lowest BCUT2D eigenvalue weighted by Crippen LogP contribution is -2.48. The first-order chi connectivity index (χ1) is 13.8. The predicted octanol–water partition coefficient (Wildman–Crippen LogP) is 3.32. The summed E-state index contributed by atoms with van der Waals surface area (Å²) in [7, 11) is 1.62. The Hall–Kier alpha value is -1.99. The van der Waals surface area contributed by atoms with Crippen molar-refractivity contribution in [2.45, 2.75) is 25.7 Å². The molecule has 2 aliphatic rings. The minimum atomic E-state index is -0.305. The Kier molecular flexibility index (Phi) is 7.24. The van der Waals surface area contributed by atoms with Crippen molar-refractivity contribution in [1.82, 2.24) is 14.7 Å². The number of carbonyl (C=O) groups excluding carboxylic acids is 3. The van der Waals surface area contributed by atoms with Crippen LogP contribution in [-0.4, -0.2) is 72.3 Å². The maximum absolute atomic E-state index is 12.7. The van der Waals surface area contributed by atoms with Crippen LogP contribution in [0.25, 0.3) is 0 Å². The number of nitrogens with one attached hydrogen (secondary N) is 1. The normalized spacial score (nSPS) is 17.3. The largest absolute Gasteiger partial charge is 0.336 e. The molecule has 0 saturated carbocycles. The van der Waals surface area contributed by atoms with Crippen molar-refractivity contribution in [3.05, 3.63) is 28.2 Å². The molecule has 9 heteroatoms. The molecule has 0 spiro atoms. The summed E-state index contributed by atoms with van der Waals surface area (Å²) in [5, 5.41) is 3.48. The van der Waals surface area contributed by atoms with Crippen LogP contribution in [0.5, 0.6) is 0 Å². The van der Waals surface area contributed by atoms with Gasteiger partial charge in [-0.3, -0.25) is 9.59 Å². The number of nitrogens with zero attached hydrogens (tertiary/aromatic N) is 3. The fraction of sp³-hybridized carbons (Fsp3) is 0.550. The van der Waals surface area contributed by atoms with Crippen molar-refractivity contribution in [3.8, 4) is 0 Å². The smallest absolute Gasteiger partial charge is 0.319 e. The Balaban J connectivity index is 1.45. The van der Waals surface area contributed by atoms with E-state index >= 15 is 0 Å². The number of hydrogen-bond acceptors (Lipinski definition) is 3. The average molecular weight is 441 g/mol. The monoisotopic (exact) mass is 440 g/mol. The highest BCUT2D eigenvalue weighted by Gasteiger charge is 2.32. The van der Waals surface area contributed by atoms with Crippen LogP contribution < -0.4 is 5.32 Å². The third kappa shape index (κ3) is 5.54. The molecule has 2 fully saturated rings. The number of rotatable bonds is 4. The summed E-state index contributed by atoms with van der Waals surface area (Å²) in [5.74, 6) is -0.538. The summed E-state index contributed by atoms with van der Waals surface area (Å²) in [6.07, 6.45) is 3.37. The van der Waals surface area contributed by atoms with Gasteiger partial charge in [0.2, 0.25) is 11.8 Å². The van der Waals surface area contributed by atoms with Crippen molar-refractivity contribution in [2.75, 3.05) is 45.1 Å². The number of likely N-dealkylation sites (tertiary alicyclic amines) is 2. The Morgan fingerprint density at radius 2 is 1.66 bits per heavy atom. The van der Waals surface area contributed by atoms with Gasteiger partial charge in [0.25, 0.3) is 0 Å². The SMILES string of the molecule is CN(CC(=O)Nc1ccc(Cl)c(Cl)c1)C(=O)C1CCN(C(=O)N2CCCC2)CC1. The molecule has 2 saturated heterocycles. The number of halogens is 2. The van der Waals surface area contributed by atoms with Crippen LogP contribution in [0, 0.1) is 5.92 Å². The predicted molar refractivity (Wildman–Crippen MR) is 113 cm³/mol. The van der Waals surface area contributed by atoms with Gasteiger partial charge < -0.3 is 20.0 Å². The van der Waals surface area contributed by atoms with E-state index in [1.54, 1.807) is 25.2 Å². The number of benzene rings is 1. The minimum absolute atomic E-state index is 0.0496. The molecule has 2 aliphatic heterocycles. The van der Waals surface area contributed by atoms with Crippen molar-refractivity contribution in [3.63, 3.8) is 0 Å². The third-order valence-electron chi connectivity index (χ3n) is 5.45. The number of urea groups is 1. The molecule has 0 unspecified atom stereocenters. The highest BCUT2D eigenvalue weighted by atomic mass is 35.5. The van der Waals surface area contributed by atoms with E-state index in [2.05, 4.69) is 5.32 Å². The van der Waals surface area contributed by atoms with E-state index in [-0.39, 0.29) is 30.3 Å². The second-order valence-corrected chi connectivity index (χ2v) is 8.42. The summed E-state index contributed by atoms with van der Waals surface area (Å²) in [4.78, 5) is 42.6. The second kappa shape index (κ2) is 9.67. The molecule has 0 radical (unpaired) electrons. The fourth-order valence-electron chi connectivity index (χ4n) is 3.81. The molecular weight excluding hydrogens is 415 g/mol. The Morgan fingerprint density at radius 3 is 2.28 bits per heavy atom. The van der Waals surface area contributed by atoms with Crippen LogP contribution in [0.2, 0.25) is 10.0 Å². The summed E-state index contributed by atoms with van der Waals surface area (Å²) in [6, 6.07) is 4.91. The first kappa shape index (κ1) is 21.7. The van der Waals surface area contributed by atoms with Gasteiger partial charge in [-0.2, -0.15) is 0 Å². The second-order valence-electron chi connectivity index (χ2n) is 7.61. The standard InChI is InChI=1S/C20H26Cl2N4O3/c1-24(13-18(27)23-15-4-5-16(21)17(22)12-15)19(28)14-6-10-26(11-7-14)20(29)25-8-2-3-9-25/h4-5,12,14H,2-3,6-11,13H2,1H3,(H,23,27). The zero-order valence-corrected chi connectivity index (χ0v) is 18.0. The summed E-state index contributed by atoms with van der Waals surface area (Å²) >= 11 is 11.8. The Morgan fingerprint density at radius 1 is 1.03 bits per heavy atom. The molecule has 1 N–H and O–H groups in total. The van der Waals surface area contributed by atoms with E-state index in [0.717, 1.165) is 25.9 Å². The van der Waals surface area contributed by atoms with Crippen LogP contribution in [0.15, 0.2) is 18.2 Å². The molecule has 158 valence electrons. The van der Waals surface area contributed by atoms with Crippen LogP contribution >= 0.6 is 23.2 Å². The summed E-state index contributed by atoms with van der Waals surface area (Å²) in [5.41, 5.74) is 0.527. The molecule has 0 aromatic heterocycles. The van der Waals surface area contributed by atoms with Crippen molar-refractivity contribution < 1.29 is 14.4 Å². The van der Waals surface area contributed by atoms with Crippen LogP contribution in [0.1, 0.15) is 25.7 Å². The number of piperidine rings is 1. The van der Waals surface area contributed by atoms with Crippen LogP contribution in [0.3, 0.4) is 0 Å². The molecule has 1 aromatic carbocycles. The van der Waals surface area contributed by atoms with Gasteiger partial charge in [-0.15, -0.1) is 0 Å². The van der Waals surface area contributed by atoms with Gasteiger partial charge in [0.05, 0.1) is 16.6 Å². The molecule has 0 atom stereocenters. The van der Waals surface area contributed by atoms with Crippen molar-refractivity contribution >= 4 is 46.7 Å². The lowest BCUT2D eigenvalue weighted by molar-refractivity contribution is -0.138. The van der Waals surface area contributed by atoms with Crippen molar-refractivity contribution in [2.24, 2.45) is 5.92 Å². The molecule has 3 rings (SSSR count). The molecule has 7 nitrogen and oxygen atoms in total. The van der Waals surface area contributed by atoms with Crippen molar-refractivity contribution in [1.29, 1.82) is 0 Å². The highest BCUT2D eigenvalue weighted by molar-refractivity contribution is 6.42. The van der Waals surface area contributed by atoms with E-state index in [1.165, 1.54) is 4.90 Å². The molecule has 0 bridgehead atoms. The van der Waals surface area contributed by atoms with E-state index in [9.17, 15) is 14.4 Å². The molecule has 2 heterocycles. The van der Waals surface area contributed by atoms with Gasteiger partial charge in [0.15, 0.2) is 0 Å². The van der Waals surface area contributed by atoms with Gasteiger partial charge in [0, 0.05) is 44.8 Å². The fourth-order valence-corrected chi connectivity index (χ4v) is 4.10. The zero-order valence-electron chi connectivity index (χ0n) is 16.5. The first-order valence-corrected chi connectivity index (χ1v) is 10.6. The average Bonchev–Trinajstić information content (AvgIpc) is 3.24. The van der Waals surface area contributed by atoms with E-state index in [0.29, 0.717) is 41.7 Å². The maximum atomic E-state index is 12.7. The lowest BCUT2D eigenvalue weighted by atomic mass is 9.95. The molecule has 29 heavy (non-hydrogen) atoms. The minimum Gasteiger partial charge on any atom is -0.336 e. The number of amides is 4. The Labute approximate surface area is 180 Å². The maximum Gasteiger partial charge on any atom is 0.319 e. The van der Waals surface area contributed by atoms with E-state index in [1.807, 2.05) is 9.80 Å². The van der Waals surface area contributed by atoms with Gasteiger partial charge in [-0.25, -0.2) is 4.79 Å². The third-order valence-corrected chi connectivity index (χ3v) is 6.19. The summed E-state index contributed by atoms with van der Waals surface area (Å²) < 4.78 is 0. The van der Waals surface area contributed by atoms with Crippen LogP contribution in [-0.2, 0) is 9.59 Å². The van der Waals surface area contributed by atoms with Gasteiger partial charge in [-0.1, -0.05) is 23.2 Å². The highest BCUT2D eigenvalue weighted by Crippen LogP contribution is 2.25. The first-order valence-electron chi connectivity index (χ1n) is 9.89. The molecule has 4 amide bonds. The van der Waals surface area contributed by atoms with Gasteiger partial charge in [-0.05, 0) is 43.9 Å². The van der Waals surface area contributed by atoms with Gasteiger partial charge in [0.1, 0.15) is 0 Å². The number of anilines is 1. The van der Waals surface area contributed by atoms with Gasteiger partial charge >= 0.3 is 6.03 Å².